The fraction of sp³-hybridized carbons (Fsp3) is 0.0714. The lowest BCUT2D eigenvalue weighted by atomic mass is 10.1. The first-order valence-electron chi connectivity index (χ1n) is 5.28. The van der Waals surface area contributed by atoms with E-state index in [1.165, 1.54) is 0 Å². The molecule has 0 spiro atoms. The number of benzene rings is 2. The summed E-state index contributed by atoms with van der Waals surface area (Å²) in [4.78, 5) is 4.54. The number of para-hydroxylation sites is 1. The first-order valence-corrected chi connectivity index (χ1v) is 5.28. The molecule has 0 saturated heterocycles. The highest BCUT2D eigenvalue weighted by atomic mass is 14.8. The molecular weight excluding hydrogens is 196 g/mol. The Morgan fingerprint density at radius 2 is 1.44 bits per heavy atom. The van der Waals surface area contributed by atoms with Gasteiger partial charge in [0.25, 0.3) is 0 Å². The van der Waals surface area contributed by atoms with E-state index in [4.69, 9.17) is 5.73 Å². The van der Waals surface area contributed by atoms with Gasteiger partial charge in [-0.2, -0.15) is 0 Å². The van der Waals surface area contributed by atoms with Gasteiger partial charge < -0.3 is 5.73 Å². The predicted molar refractivity (Wildman–Crippen MR) is 68.1 cm³/mol. The smallest absolute Gasteiger partial charge is 0.0633 e. The maximum Gasteiger partial charge on any atom is 0.0633 e. The lowest BCUT2D eigenvalue weighted by Gasteiger charge is -2.03. The molecule has 2 aromatic carbocycles. The molecule has 16 heavy (non-hydrogen) atoms. The van der Waals surface area contributed by atoms with Gasteiger partial charge in [0.1, 0.15) is 0 Å². The fourth-order valence-corrected chi connectivity index (χ4v) is 1.52. The Morgan fingerprint density at radius 3 is 2.00 bits per heavy atom. The summed E-state index contributed by atoms with van der Waals surface area (Å²) in [6, 6.07) is 19.9. The molecule has 0 aliphatic heterocycles. The van der Waals surface area contributed by atoms with Gasteiger partial charge in [0, 0.05) is 6.54 Å². The van der Waals surface area contributed by atoms with Crippen molar-refractivity contribution < 1.29 is 0 Å². The van der Waals surface area contributed by atoms with Gasteiger partial charge in [-0.05, 0) is 17.7 Å². The average molecular weight is 210 g/mol. The molecule has 0 aromatic heterocycles. The maximum atomic E-state index is 5.72. The molecule has 80 valence electrons. The minimum absolute atomic E-state index is 0.443. The van der Waals surface area contributed by atoms with Crippen molar-refractivity contribution in [2.45, 2.75) is 0 Å². The molecule has 2 rings (SSSR count). The van der Waals surface area contributed by atoms with E-state index < -0.39 is 0 Å². The van der Waals surface area contributed by atoms with Gasteiger partial charge in [-0.3, -0.25) is 4.99 Å². The molecule has 0 unspecified atom stereocenters. The summed E-state index contributed by atoms with van der Waals surface area (Å²) in [5.41, 5.74) is 8.65. The second-order valence-corrected chi connectivity index (χ2v) is 3.46. The Hall–Kier alpha value is -1.93. The number of hydrogen-bond donors (Lipinski definition) is 1. The first-order chi connectivity index (χ1) is 7.90. The molecule has 0 aliphatic carbocycles. The highest BCUT2D eigenvalue weighted by molar-refractivity contribution is 6.03. The van der Waals surface area contributed by atoms with Crippen LogP contribution in [0.5, 0.6) is 0 Å². The van der Waals surface area contributed by atoms with Crippen molar-refractivity contribution in [3.05, 3.63) is 66.2 Å². The summed E-state index contributed by atoms with van der Waals surface area (Å²) in [6.07, 6.45) is 0. The Morgan fingerprint density at radius 1 is 0.875 bits per heavy atom. The number of hydrogen-bond acceptors (Lipinski definition) is 2. The third kappa shape index (κ3) is 2.55. The van der Waals surface area contributed by atoms with Crippen molar-refractivity contribution in [3.63, 3.8) is 0 Å². The summed E-state index contributed by atoms with van der Waals surface area (Å²) in [7, 11) is 0. The van der Waals surface area contributed by atoms with Crippen LogP contribution in [0.3, 0.4) is 0 Å². The molecule has 0 bridgehead atoms. The van der Waals surface area contributed by atoms with Gasteiger partial charge in [0.2, 0.25) is 0 Å². The molecular formula is C14H14N2. The standard InChI is InChI=1S/C14H14N2/c15-11-14(12-7-3-1-4-8-12)16-13-9-5-2-6-10-13/h1-10H,11,15H2. The van der Waals surface area contributed by atoms with Gasteiger partial charge >= 0.3 is 0 Å². The van der Waals surface area contributed by atoms with Crippen LogP contribution in [0.1, 0.15) is 5.56 Å². The Kier molecular flexibility index (Phi) is 3.46. The number of nitrogens with two attached hydrogens (primary N) is 1. The molecule has 0 heterocycles. The fourth-order valence-electron chi connectivity index (χ4n) is 1.52. The van der Waals surface area contributed by atoms with Crippen LogP contribution < -0.4 is 5.73 Å². The quantitative estimate of drug-likeness (QED) is 0.777. The van der Waals surface area contributed by atoms with Gasteiger partial charge in [0.15, 0.2) is 0 Å². The van der Waals surface area contributed by atoms with E-state index in [0.717, 1.165) is 17.0 Å². The van der Waals surface area contributed by atoms with Crippen LogP contribution in [-0.2, 0) is 0 Å². The topological polar surface area (TPSA) is 38.4 Å². The predicted octanol–water partition coefficient (Wildman–Crippen LogP) is 2.77. The van der Waals surface area contributed by atoms with Crippen LogP contribution >= 0.6 is 0 Å². The first kappa shape index (κ1) is 10.6. The molecule has 2 N–H and O–H groups in total. The van der Waals surface area contributed by atoms with E-state index in [1.807, 2.05) is 60.7 Å². The average Bonchev–Trinajstić information content (AvgIpc) is 2.38. The molecule has 0 atom stereocenters. The molecule has 0 aliphatic rings. The molecule has 2 heteroatoms. The highest BCUT2D eigenvalue weighted by Crippen LogP contribution is 2.12. The molecule has 0 saturated carbocycles. The van der Waals surface area contributed by atoms with E-state index >= 15 is 0 Å². The molecule has 0 radical (unpaired) electrons. The van der Waals surface area contributed by atoms with Crippen LogP contribution in [0.4, 0.5) is 5.69 Å². The maximum absolute atomic E-state index is 5.72. The monoisotopic (exact) mass is 210 g/mol. The largest absolute Gasteiger partial charge is 0.325 e. The van der Waals surface area contributed by atoms with Crippen LogP contribution in [0, 0.1) is 0 Å². The van der Waals surface area contributed by atoms with Gasteiger partial charge in [-0.15, -0.1) is 0 Å². The minimum Gasteiger partial charge on any atom is -0.325 e. The van der Waals surface area contributed by atoms with Crippen molar-refractivity contribution in [3.8, 4) is 0 Å². The highest BCUT2D eigenvalue weighted by Gasteiger charge is 2.00. The van der Waals surface area contributed by atoms with Crippen LogP contribution in [0.15, 0.2) is 65.7 Å². The Bertz CT molecular complexity index is 461. The summed E-state index contributed by atoms with van der Waals surface area (Å²) in [5.74, 6) is 0. The van der Waals surface area contributed by atoms with E-state index in [2.05, 4.69) is 4.99 Å². The summed E-state index contributed by atoms with van der Waals surface area (Å²) in [5, 5.41) is 0. The van der Waals surface area contributed by atoms with Crippen molar-refractivity contribution >= 4 is 11.4 Å². The summed E-state index contributed by atoms with van der Waals surface area (Å²) < 4.78 is 0. The van der Waals surface area contributed by atoms with Crippen LogP contribution in [0.25, 0.3) is 0 Å². The number of aliphatic imine (C=N–C) groups is 1. The SMILES string of the molecule is NCC(=Nc1ccccc1)c1ccccc1. The molecule has 2 nitrogen and oxygen atoms in total. The van der Waals surface area contributed by atoms with E-state index in [1.54, 1.807) is 0 Å². The normalized spacial score (nSPS) is 11.4. The summed E-state index contributed by atoms with van der Waals surface area (Å²) in [6.45, 7) is 0.443. The van der Waals surface area contributed by atoms with Crippen LogP contribution in [0.2, 0.25) is 0 Å². The van der Waals surface area contributed by atoms with Crippen molar-refractivity contribution in [2.75, 3.05) is 6.54 Å². The number of rotatable bonds is 3. The van der Waals surface area contributed by atoms with Crippen LogP contribution in [-0.4, -0.2) is 12.3 Å². The Balaban J connectivity index is 2.34. The molecule has 0 fully saturated rings. The second kappa shape index (κ2) is 5.24. The Labute approximate surface area is 95.5 Å². The van der Waals surface area contributed by atoms with Gasteiger partial charge in [-0.25, -0.2) is 0 Å². The van der Waals surface area contributed by atoms with E-state index in [0.29, 0.717) is 6.54 Å². The zero-order valence-corrected chi connectivity index (χ0v) is 9.01. The third-order valence-corrected chi connectivity index (χ3v) is 2.32. The van der Waals surface area contributed by atoms with Crippen molar-refractivity contribution in [1.29, 1.82) is 0 Å². The van der Waals surface area contributed by atoms with E-state index in [-0.39, 0.29) is 0 Å². The number of nitrogens with zero attached hydrogens (tertiary/aromatic N) is 1. The minimum atomic E-state index is 0.443. The lowest BCUT2D eigenvalue weighted by Crippen LogP contribution is -2.14. The molecule has 0 amide bonds. The lowest BCUT2D eigenvalue weighted by molar-refractivity contribution is 1.28. The van der Waals surface area contributed by atoms with Gasteiger partial charge in [0.05, 0.1) is 11.4 Å². The van der Waals surface area contributed by atoms with Crippen molar-refractivity contribution in [1.82, 2.24) is 0 Å². The van der Waals surface area contributed by atoms with E-state index in [9.17, 15) is 0 Å². The molecule has 2 aromatic rings. The zero-order valence-electron chi connectivity index (χ0n) is 9.01. The van der Waals surface area contributed by atoms with Gasteiger partial charge in [-0.1, -0.05) is 48.5 Å². The summed E-state index contributed by atoms with van der Waals surface area (Å²) >= 11 is 0. The third-order valence-electron chi connectivity index (χ3n) is 2.32. The zero-order chi connectivity index (χ0) is 11.2. The second-order valence-electron chi connectivity index (χ2n) is 3.46. The van der Waals surface area contributed by atoms with Crippen molar-refractivity contribution in [2.24, 2.45) is 10.7 Å².